The van der Waals surface area contributed by atoms with Gasteiger partial charge in [-0.25, -0.2) is 0 Å². The molecule has 1 aromatic heterocycles. The Kier molecular flexibility index (Phi) is 7.07. The van der Waals surface area contributed by atoms with Crippen LogP contribution in [0.3, 0.4) is 0 Å². The van der Waals surface area contributed by atoms with Crippen LogP contribution in [0.4, 0.5) is 0 Å². The molecule has 0 spiro atoms. The summed E-state index contributed by atoms with van der Waals surface area (Å²) in [6.07, 6.45) is 1.67. The maximum atomic E-state index is 12.2. The van der Waals surface area contributed by atoms with E-state index in [9.17, 15) is 4.79 Å². The van der Waals surface area contributed by atoms with Gasteiger partial charge in [-0.05, 0) is 49.9 Å². The summed E-state index contributed by atoms with van der Waals surface area (Å²) in [5.41, 5.74) is 2.01. The van der Waals surface area contributed by atoms with E-state index in [1.165, 1.54) is 0 Å². The molecule has 0 fully saturated rings. The molecule has 0 bridgehead atoms. The summed E-state index contributed by atoms with van der Waals surface area (Å²) < 4.78 is 11.3. The Morgan fingerprint density at radius 1 is 1.24 bits per heavy atom. The van der Waals surface area contributed by atoms with Crippen molar-refractivity contribution in [1.29, 1.82) is 0 Å². The molecule has 5 heteroatoms. The first-order valence-electron chi connectivity index (χ1n) is 8.29. The molecule has 0 atom stereocenters. The number of ether oxygens (including phenoxy) is 2. The molecular weight excluding hydrogens is 334 g/mol. The minimum Gasteiger partial charge on any atom is -0.493 e. The third kappa shape index (κ3) is 5.64. The lowest BCUT2D eigenvalue weighted by Gasteiger charge is -2.20. The number of likely N-dealkylation sites (N-methyl/N-ethyl adjacent to an activating group) is 1. The van der Waals surface area contributed by atoms with E-state index < -0.39 is 0 Å². The first kappa shape index (κ1) is 19.1. The molecule has 0 unspecified atom stereocenters. The minimum absolute atomic E-state index is 0.0273. The van der Waals surface area contributed by atoms with E-state index in [4.69, 9.17) is 9.47 Å². The molecule has 2 rings (SSSR count). The van der Waals surface area contributed by atoms with Crippen molar-refractivity contribution >= 4 is 17.2 Å². The smallest absolute Gasteiger partial charge is 0.246 e. The van der Waals surface area contributed by atoms with E-state index in [1.807, 2.05) is 56.5 Å². The van der Waals surface area contributed by atoms with E-state index in [0.717, 1.165) is 16.0 Å². The fraction of sp³-hybridized carbons (Fsp3) is 0.350. The van der Waals surface area contributed by atoms with E-state index in [2.05, 4.69) is 0 Å². The maximum Gasteiger partial charge on any atom is 0.246 e. The SMILES string of the molecule is CCN(Cc1ccc(OCc2cccs2)c(OC)c1)C(=O)C=C(C)C. The summed E-state index contributed by atoms with van der Waals surface area (Å²) >= 11 is 1.66. The fourth-order valence-electron chi connectivity index (χ4n) is 2.38. The van der Waals surface area contributed by atoms with Gasteiger partial charge in [-0.15, -0.1) is 11.3 Å². The molecule has 0 saturated carbocycles. The van der Waals surface area contributed by atoms with Crippen molar-refractivity contribution < 1.29 is 14.3 Å². The molecule has 0 saturated heterocycles. The Balaban J connectivity index is 2.09. The first-order valence-corrected chi connectivity index (χ1v) is 9.17. The van der Waals surface area contributed by atoms with Gasteiger partial charge in [0.2, 0.25) is 5.91 Å². The average Bonchev–Trinajstić information content (AvgIpc) is 3.11. The van der Waals surface area contributed by atoms with Gasteiger partial charge in [0.25, 0.3) is 0 Å². The highest BCUT2D eigenvalue weighted by Crippen LogP contribution is 2.29. The van der Waals surface area contributed by atoms with Gasteiger partial charge in [0.05, 0.1) is 7.11 Å². The number of thiophene rings is 1. The highest BCUT2D eigenvalue weighted by atomic mass is 32.1. The molecule has 2 aromatic rings. The van der Waals surface area contributed by atoms with E-state index in [0.29, 0.717) is 31.2 Å². The van der Waals surface area contributed by atoms with Crippen molar-refractivity contribution in [2.24, 2.45) is 0 Å². The predicted molar refractivity (Wildman–Crippen MR) is 102 cm³/mol. The topological polar surface area (TPSA) is 38.8 Å². The molecule has 1 heterocycles. The monoisotopic (exact) mass is 359 g/mol. The number of carbonyl (C=O) groups is 1. The van der Waals surface area contributed by atoms with Crippen LogP contribution in [0.15, 0.2) is 47.4 Å². The molecular formula is C20H25NO3S. The van der Waals surface area contributed by atoms with E-state index in [-0.39, 0.29) is 5.91 Å². The average molecular weight is 359 g/mol. The van der Waals surface area contributed by atoms with Gasteiger partial charge in [-0.2, -0.15) is 0 Å². The van der Waals surface area contributed by atoms with Crippen LogP contribution >= 0.6 is 11.3 Å². The summed E-state index contributed by atoms with van der Waals surface area (Å²) in [4.78, 5) is 15.2. The van der Waals surface area contributed by atoms with Crippen LogP contribution in [0.1, 0.15) is 31.2 Å². The van der Waals surface area contributed by atoms with Crippen molar-refractivity contribution in [3.05, 3.63) is 57.8 Å². The van der Waals surface area contributed by atoms with Crippen molar-refractivity contribution in [2.75, 3.05) is 13.7 Å². The van der Waals surface area contributed by atoms with Crippen LogP contribution in [0.2, 0.25) is 0 Å². The van der Waals surface area contributed by atoms with Gasteiger partial charge in [0.15, 0.2) is 11.5 Å². The van der Waals surface area contributed by atoms with Crippen LogP contribution in [0.5, 0.6) is 11.5 Å². The molecule has 0 aliphatic heterocycles. The summed E-state index contributed by atoms with van der Waals surface area (Å²) in [6.45, 7) is 7.55. The minimum atomic E-state index is 0.0273. The zero-order valence-electron chi connectivity index (χ0n) is 15.2. The van der Waals surface area contributed by atoms with Gasteiger partial charge in [0.1, 0.15) is 6.61 Å². The second-order valence-electron chi connectivity index (χ2n) is 5.93. The number of allylic oxidation sites excluding steroid dienone is 1. The summed E-state index contributed by atoms with van der Waals surface area (Å²) in [5.74, 6) is 1.41. The molecule has 4 nitrogen and oxygen atoms in total. The maximum absolute atomic E-state index is 12.2. The number of amides is 1. The predicted octanol–water partition coefficient (Wildman–Crippen LogP) is 4.65. The van der Waals surface area contributed by atoms with Crippen LogP contribution in [-0.2, 0) is 17.9 Å². The standard InChI is InChI=1S/C20H25NO3S/c1-5-21(20(22)11-15(2)3)13-16-8-9-18(19(12-16)23-4)24-14-17-7-6-10-25-17/h6-12H,5,13-14H2,1-4H3. The second kappa shape index (κ2) is 9.28. The van der Waals surface area contributed by atoms with Crippen molar-refractivity contribution in [3.63, 3.8) is 0 Å². The highest BCUT2D eigenvalue weighted by molar-refractivity contribution is 7.09. The molecule has 0 aliphatic rings. The van der Waals surface area contributed by atoms with Gasteiger partial charge in [-0.3, -0.25) is 4.79 Å². The van der Waals surface area contributed by atoms with Gasteiger partial charge >= 0.3 is 0 Å². The summed E-state index contributed by atoms with van der Waals surface area (Å²) in [5, 5.41) is 2.03. The van der Waals surface area contributed by atoms with E-state index in [1.54, 1.807) is 29.4 Å². The number of benzene rings is 1. The van der Waals surface area contributed by atoms with Crippen molar-refractivity contribution in [2.45, 2.75) is 33.9 Å². The number of carbonyl (C=O) groups excluding carboxylic acids is 1. The summed E-state index contributed by atoms with van der Waals surface area (Å²) in [6, 6.07) is 9.86. The quantitative estimate of drug-likeness (QED) is 0.644. The summed E-state index contributed by atoms with van der Waals surface area (Å²) in [7, 11) is 1.63. The molecule has 1 aromatic carbocycles. The Bertz CT molecular complexity index is 719. The fourth-order valence-corrected chi connectivity index (χ4v) is 2.99. The lowest BCUT2D eigenvalue weighted by molar-refractivity contribution is -0.126. The van der Waals surface area contributed by atoms with Gasteiger partial charge < -0.3 is 14.4 Å². The normalized spacial score (nSPS) is 10.2. The highest BCUT2D eigenvalue weighted by Gasteiger charge is 2.12. The molecule has 0 radical (unpaired) electrons. The molecule has 134 valence electrons. The lowest BCUT2D eigenvalue weighted by Crippen LogP contribution is -2.28. The van der Waals surface area contributed by atoms with Crippen LogP contribution in [0, 0.1) is 0 Å². The third-order valence-electron chi connectivity index (χ3n) is 3.66. The third-order valence-corrected chi connectivity index (χ3v) is 4.51. The van der Waals surface area contributed by atoms with Crippen molar-refractivity contribution in [3.8, 4) is 11.5 Å². The largest absolute Gasteiger partial charge is 0.493 e. The Labute approximate surface area is 153 Å². The van der Waals surface area contributed by atoms with E-state index >= 15 is 0 Å². The lowest BCUT2D eigenvalue weighted by atomic mass is 10.1. The first-order chi connectivity index (χ1) is 12.0. The van der Waals surface area contributed by atoms with Gasteiger partial charge in [0, 0.05) is 24.0 Å². The van der Waals surface area contributed by atoms with Crippen LogP contribution in [0.25, 0.3) is 0 Å². The number of hydrogen-bond acceptors (Lipinski definition) is 4. The van der Waals surface area contributed by atoms with Crippen LogP contribution in [-0.4, -0.2) is 24.5 Å². The molecule has 25 heavy (non-hydrogen) atoms. The second-order valence-corrected chi connectivity index (χ2v) is 6.96. The Morgan fingerprint density at radius 3 is 2.64 bits per heavy atom. The zero-order chi connectivity index (χ0) is 18.2. The molecule has 0 N–H and O–H groups in total. The van der Waals surface area contributed by atoms with Crippen molar-refractivity contribution in [1.82, 2.24) is 4.90 Å². The number of rotatable bonds is 8. The molecule has 0 aliphatic carbocycles. The Hall–Kier alpha value is -2.27. The number of methoxy groups -OCH3 is 1. The zero-order valence-corrected chi connectivity index (χ0v) is 16.1. The number of nitrogens with zero attached hydrogens (tertiary/aromatic N) is 1. The number of hydrogen-bond donors (Lipinski definition) is 0. The Morgan fingerprint density at radius 2 is 2.04 bits per heavy atom. The molecule has 1 amide bonds. The van der Waals surface area contributed by atoms with Gasteiger partial charge in [-0.1, -0.05) is 17.7 Å². The van der Waals surface area contributed by atoms with Crippen LogP contribution < -0.4 is 9.47 Å².